The molecule has 0 aliphatic carbocycles. The Hall–Kier alpha value is 0.0200. The third kappa shape index (κ3) is 5.62. The van der Waals surface area contributed by atoms with Gasteiger partial charge >= 0.3 is 0 Å². The van der Waals surface area contributed by atoms with E-state index in [1.165, 1.54) is 12.1 Å². The average molecular weight is 371 g/mol. The van der Waals surface area contributed by atoms with Gasteiger partial charge in [-0.1, -0.05) is 23.2 Å². The molecule has 0 heterocycles. The first kappa shape index (κ1) is 19.1. The molecule has 0 aliphatic rings. The molecular formula is C13H20Cl2N2O2S2. The van der Waals surface area contributed by atoms with Crippen LogP contribution in [0.1, 0.15) is 18.9 Å². The van der Waals surface area contributed by atoms with Gasteiger partial charge < -0.3 is 5.32 Å². The van der Waals surface area contributed by atoms with Gasteiger partial charge in [0, 0.05) is 17.6 Å². The lowest BCUT2D eigenvalue weighted by molar-refractivity contribution is 0.557. The minimum absolute atomic E-state index is 0.0646. The lowest BCUT2D eigenvalue weighted by Crippen LogP contribution is -2.33. The van der Waals surface area contributed by atoms with Crippen molar-refractivity contribution in [3.8, 4) is 0 Å². The maximum Gasteiger partial charge on any atom is 0.242 e. The van der Waals surface area contributed by atoms with Gasteiger partial charge in [-0.3, -0.25) is 0 Å². The van der Waals surface area contributed by atoms with Crippen molar-refractivity contribution in [3.05, 3.63) is 27.7 Å². The van der Waals surface area contributed by atoms with Crippen LogP contribution in [0, 0.1) is 0 Å². The number of nitrogens with one attached hydrogen (secondary N) is 2. The zero-order valence-corrected chi connectivity index (χ0v) is 15.4. The van der Waals surface area contributed by atoms with E-state index in [1.54, 1.807) is 18.8 Å². The van der Waals surface area contributed by atoms with Gasteiger partial charge in [0.15, 0.2) is 0 Å². The third-order valence-corrected chi connectivity index (χ3v) is 5.92. The second kappa shape index (κ2) is 8.60. The molecule has 0 bridgehead atoms. The standard InChI is InChI=1S/C13H20Cl2N2O2S2/c1-9(4-5-20-3)17-21(18,19)13-6-10(8-16-2)11(14)7-12(13)15/h6-7,9,16-17H,4-5,8H2,1-3H3. The van der Waals surface area contributed by atoms with Crippen molar-refractivity contribution in [2.24, 2.45) is 0 Å². The highest BCUT2D eigenvalue weighted by Gasteiger charge is 2.22. The number of halogens is 2. The van der Waals surface area contributed by atoms with Crippen molar-refractivity contribution in [3.63, 3.8) is 0 Å². The predicted molar refractivity (Wildman–Crippen MR) is 92.0 cm³/mol. The van der Waals surface area contributed by atoms with Crippen molar-refractivity contribution in [2.45, 2.75) is 30.8 Å². The quantitative estimate of drug-likeness (QED) is 0.737. The summed E-state index contributed by atoms with van der Waals surface area (Å²) in [5.74, 6) is 0.892. The van der Waals surface area contributed by atoms with Gasteiger partial charge in [-0.05, 0) is 50.1 Å². The summed E-state index contributed by atoms with van der Waals surface area (Å²) in [6.45, 7) is 2.31. The molecule has 8 heteroatoms. The van der Waals surface area contributed by atoms with Crippen molar-refractivity contribution in [2.75, 3.05) is 19.1 Å². The Morgan fingerprint density at radius 1 is 1.29 bits per heavy atom. The van der Waals surface area contributed by atoms with Crippen LogP contribution in [0.5, 0.6) is 0 Å². The van der Waals surface area contributed by atoms with E-state index in [9.17, 15) is 8.42 Å². The van der Waals surface area contributed by atoms with Gasteiger partial charge in [-0.15, -0.1) is 0 Å². The van der Waals surface area contributed by atoms with E-state index >= 15 is 0 Å². The van der Waals surface area contributed by atoms with Gasteiger partial charge in [0.25, 0.3) is 0 Å². The van der Waals surface area contributed by atoms with Gasteiger partial charge in [-0.2, -0.15) is 11.8 Å². The molecule has 120 valence electrons. The van der Waals surface area contributed by atoms with Crippen molar-refractivity contribution in [1.82, 2.24) is 10.0 Å². The second-order valence-corrected chi connectivity index (χ2v) is 8.19. The molecule has 0 saturated carbocycles. The Labute approximate surface area is 141 Å². The van der Waals surface area contributed by atoms with Gasteiger partial charge in [0.1, 0.15) is 4.90 Å². The molecule has 0 saturated heterocycles. The van der Waals surface area contributed by atoms with Gasteiger partial charge in [0.05, 0.1) is 5.02 Å². The molecule has 1 aromatic rings. The highest BCUT2D eigenvalue weighted by molar-refractivity contribution is 7.98. The second-order valence-electron chi connectivity index (χ2n) is 4.71. The molecule has 21 heavy (non-hydrogen) atoms. The number of benzene rings is 1. The van der Waals surface area contributed by atoms with Crippen LogP contribution in [0.3, 0.4) is 0 Å². The molecule has 1 atom stereocenters. The maximum atomic E-state index is 12.4. The normalized spacial score (nSPS) is 13.4. The fourth-order valence-electron chi connectivity index (χ4n) is 1.78. The van der Waals surface area contributed by atoms with Crippen LogP contribution >= 0.6 is 35.0 Å². The number of hydrogen-bond acceptors (Lipinski definition) is 4. The molecular weight excluding hydrogens is 351 g/mol. The Bertz CT molecular complexity index is 580. The summed E-state index contributed by atoms with van der Waals surface area (Å²) in [5, 5.41) is 3.52. The minimum atomic E-state index is -3.66. The Morgan fingerprint density at radius 3 is 2.52 bits per heavy atom. The molecule has 1 aromatic carbocycles. The molecule has 1 rings (SSSR count). The average Bonchev–Trinajstić information content (AvgIpc) is 2.38. The van der Waals surface area contributed by atoms with Crippen LogP contribution in [-0.2, 0) is 16.6 Å². The van der Waals surface area contributed by atoms with Crippen LogP contribution in [-0.4, -0.2) is 33.5 Å². The Balaban J connectivity index is 3.04. The van der Waals surface area contributed by atoms with Crippen LogP contribution in [0.15, 0.2) is 17.0 Å². The zero-order valence-electron chi connectivity index (χ0n) is 12.2. The Kier molecular flexibility index (Phi) is 7.81. The molecule has 0 radical (unpaired) electrons. The maximum absolute atomic E-state index is 12.4. The first-order valence-electron chi connectivity index (χ1n) is 6.45. The smallest absolute Gasteiger partial charge is 0.242 e. The predicted octanol–water partition coefficient (Wildman–Crippen LogP) is 3.13. The summed E-state index contributed by atoms with van der Waals surface area (Å²) in [6.07, 6.45) is 2.75. The first-order chi connectivity index (χ1) is 9.81. The highest BCUT2D eigenvalue weighted by atomic mass is 35.5. The molecule has 1 unspecified atom stereocenters. The van der Waals surface area contributed by atoms with E-state index in [1.807, 2.05) is 13.2 Å². The number of rotatable bonds is 8. The van der Waals surface area contributed by atoms with Crippen molar-refractivity contribution >= 4 is 45.0 Å². The van der Waals surface area contributed by atoms with Crippen LogP contribution in [0.25, 0.3) is 0 Å². The first-order valence-corrected chi connectivity index (χ1v) is 10.1. The van der Waals surface area contributed by atoms with E-state index < -0.39 is 10.0 Å². The molecule has 0 spiro atoms. The monoisotopic (exact) mass is 370 g/mol. The van der Waals surface area contributed by atoms with Crippen LogP contribution < -0.4 is 10.0 Å². The van der Waals surface area contributed by atoms with Crippen LogP contribution in [0.4, 0.5) is 0 Å². The summed E-state index contributed by atoms with van der Waals surface area (Å²) >= 11 is 13.8. The molecule has 2 N–H and O–H groups in total. The topological polar surface area (TPSA) is 58.2 Å². The van der Waals surface area contributed by atoms with Crippen molar-refractivity contribution in [1.29, 1.82) is 0 Å². The largest absolute Gasteiger partial charge is 0.316 e. The summed E-state index contributed by atoms with van der Waals surface area (Å²) in [7, 11) is -1.89. The lowest BCUT2D eigenvalue weighted by atomic mass is 10.2. The van der Waals surface area contributed by atoms with E-state index in [0.717, 1.165) is 12.2 Å². The van der Waals surface area contributed by atoms with E-state index in [-0.39, 0.29) is 16.0 Å². The summed E-state index contributed by atoms with van der Waals surface area (Å²) in [4.78, 5) is 0.0646. The third-order valence-electron chi connectivity index (χ3n) is 2.87. The number of thioether (sulfide) groups is 1. The van der Waals surface area contributed by atoms with Crippen LogP contribution in [0.2, 0.25) is 10.0 Å². The Morgan fingerprint density at radius 2 is 1.95 bits per heavy atom. The van der Waals surface area contributed by atoms with E-state index in [4.69, 9.17) is 23.2 Å². The summed E-state index contributed by atoms with van der Waals surface area (Å²) in [6, 6.07) is 2.84. The zero-order chi connectivity index (χ0) is 16.0. The lowest BCUT2D eigenvalue weighted by Gasteiger charge is -2.16. The molecule has 0 aromatic heterocycles. The molecule has 4 nitrogen and oxygen atoms in total. The number of hydrogen-bond donors (Lipinski definition) is 2. The highest BCUT2D eigenvalue weighted by Crippen LogP contribution is 2.28. The molecule has 0 aliphatic heterocycles. The van der Waals surface area contributed by atoms with Gasteiger partial charge in [0.2, 0.25) is 10.0 Å². The fraction of sp³-hybridized carbons (Fsp3) is 0.538. The summed E-state index contributed by atoms with van der Waals surface area (Å²) in [5.41, 5.74) is 0.695. The SMILES string of the molecule is CNCc1cc(S(=O)(=O)NC(C)CCSC)c(Cl)cc1Cl. The van der Waals surface area contributed by atoms with Crippen molar-refractivity contribution < 1.29 is 8.42 Å². The minimum Gasteiger partial charge on any atom is -0.316 e. The van der Waals surface area contributed by atoms with E-state index in [2.05, 4.69) is 10.0 Å². The molecule has 0 fully saturated rings. The van der Waals surface area contributed by atoms with Gasteiger partial charge in [-0.25, -0.2) is 13.1 Å². The molecule has 0 amide bonds. The number of sulfonamides is 1. The summed E-state index contributed by atoms with van der Waals surface area (Å²) < 4.78 is 27.5. The fourth-order valence-corrected chi connectivity index (χ4v) is 4.52. The van der Waals surface area contributed by atoms with E-state index in [0.29, 0.717) is 17.1 Å².